The highest BCUT2D eigenvalue weighted by Gasteiger charge is 2.27. The summed E-state index contributed by atoms with van der Waals surface area (Å²) >= 11 is 1.75. The Labute approximate surface area is 113 Å². The van der Waals surface area contributed by atoms with Crippen molar-refractivity contribution in [1.82, 2.24) is 0 Å². The van der Waals surface area contributed by atoms with Gasteiger partial charge in [0.05, 0.1) is 11.5 Å². The summed E-state index contributed by atoms with van der Waals surface area (Å²) in [4.78, 5) is 1.23. The maximum atomic E-state index is 12.0. The Morgan fingerprint density at radius 2 is 2.17 bits per heavy atom. The van der Waals surface area contributed by atoms with Crippen LogP contribution in [-0.2, 0) is 9.84 Å². The van der Waals surface area contributed by atoms with Gasteiger partial charge in [-0.15, -0.1) is 11.8 Å². The van der Waals surface area contributed by atoms with E-state index in [-0.39, 0.29) is 23.5 Å². The lowest BCUT2D eigenvalue weighted by Crippen LogP contribution is -2.23. The van der Waals surface area contributed by atoms with Gasteiger partial charge in [-0.1, -0.05) is 18.2 Å². The molecule has 0 aromatic heterocycles. The minimum Gasteiger partial charge on any atom is -0.328 e. The fraction of sp³-hybridized carbons (Fsp3) is 0.538. The number of hydrogen-bond acceptors (Lipinski definition) is 4. The van der Waals surface area contributed by atoms with Crippen LogP contribution in [0.5, 0.6) is 0 Å². The van der Waals surface area contributed by atoms with Crippen LogP contribution in [-0.4, -0.2) is 31.7 Å². The van der Waals surface area contributed by atoms with Crippen molar-refractivity contribution in [1.29, 1.82) is 0 Å². The maximum Gasteiger partial charge on any atom is 0.151 e. The van der Waals surface area contributed by atoms with Crippen molar-refractivity contribution in [3.8, 4) is 0 Å². The number of benzene rings is 1. The summed E-state index contributed by atoms with van der Waals surface area (Å²) in [6.07, 6.45) is 0.545. The minimum atomic E-state index is -3.00. The van der Waals surface area contributed by atoms with E-state index in [0.29, 0.717) is 6.42 Å². The lowest BCUT2D eigenvalue weighted by atomic mass is 10.0. The first-order chi connectivity index (χ1) is 8.48. The van der Waals surface area contributed by atoms with E-state index in [1.165, 1.54) is 10.5 Å². The van der Waals surface area contributed by atoms with Gasteiger partial charge in [-0.05, 0) is 25.0 Å². The van der Waals surface area contributed by atoms with Crippen molar-refractivity contribution in [2.75, 3.05) is 17.3 Å². The molecule has 0 saturated carbocycles. The molecule has 2 rings (SSSR count). The zero-order chi connectivity index (χ0) is 13.2. The molecule has 0 bridgehead atoms. The molecule has 100 valence electrons. The lowest BCUT2D eigenvalue weighted by molar-refractivity contribution is 0.582. The Kier molecular flexibility index (Phi) is 4.35. The van der Waals surface area contributed by atoms with Crippen LogP contribution in [0.3, 0.4) is 0 Å². The summed E-state index contributed by atoms with van der Waals surface area (Å²) in [5, 5.41) is 0. The van der Waals surface area contributed by atoms with E-state index in [4.69, 9.17) is 5.73 Å². The minimum absolute atomic E-state index is 0.0509. The molecular weight excluding hydrogens is 266 g/mol. The second-order valence-electron chi connectivity index (χ2n) is 4.93. The van der Waals surface area contributed by atoms with E-state index in [1.807, 2.05) is 25.1 Å². The SMILES string of the molecule is CC(N)CCS(=O)(=O)CC1CSc2ccccc21. The van der Waals surface area contributed by atoms with Crippen molar-refractivity contribution in [2.45, 2.75) is 30.2 Å². The third-order valence-electron chi connectivity index (χ3n) is 3.14. The van der Waals surface area contributed by atoms with Crippen LogP contribution in [0.2, 0.25) is 0 Å². The largest absolute Gasteiger partial charge is 0.328 e. The summed E-state index contributed by atoms with van der Waals surface area (Å²) in [6.45, 7) is 1.84. The first-order valence-electron chi connectivity index (χ1n) is 6.15. The van der Waals surface area contributed by atoms with E-state index < -0.39 is 9.84 Å². The molecule has 2 N–H and O–H groups in total. The molecule has 0 aliphatic carbocycles. The second-order valence-corrected chi connectivity index (χ2v) is 8.22. The van der Waals surface area contributed by atoms with E-state index in [9.17, 15) is 8.42 Å². The standard InChI is InChI=1S/C13H19NO2S2/c1-10(14)6-7-18(15,16)9-11-8-17-13-5-3-2-4-12(11)13/h2-5,10-11H,6-9,14H2,1H3. The molecular formula is C13H19NO2S2. The topological polar surface area (TPSA) is 60.2 Å². The van der Waals surface area contributed by atoms with Gasteiger partial charge in [-0.25, -0.2) is 8.42 Å². The molecule has 18 heavy (non-hydrogen) atoms. The van der Waals surface area contributed by atoms with E-state index in [1.54, 1.807) is 11.8 Å². The van der Waals surface area contributed by atoms with Crippen molar-refractivity contribution >= 4 is 21.6 Å². The van der Waals surface area contributed by atoms with Crippen LogP contribution in [0.25, 0.3) is 0 Å². The van der Waals surface area contributed by atoms with Crippen molar-refractivity contribution in [3.05, 3.63) is 29.8 Å². The van der Waals surface area contributed by atoms with Crippen LogP contribution >= 0.6 is 11.8 Å². The Hall–Kier alpha value is -0.520. The highest BCUT2D eigenvalue weighted by atomic mass is 32.2. The van der Waals surface area contributed by atoms with Crippen molar-refractivity contribution in [3.63, 3.8) is 0 Å². The first-order valence-corrected chi connectivity index (χ1v) is 8.96. The van der Waals surface area contributed by atoms with Crippen LogP contribution < -0.4 is 5.73 Å². The number of rotatable bonds is 5. The Morgan fingerprint density at radius 1 is 1.44 bits per heavy atom. The fourth-order valence-electron chi connectivity index (χ4n) is 2.12. The Morgan fingerprint density at radius 3 is 2.89 bits per heavy atom. The normalized spacial score (nSPS) is 20.7. The molecule has 3 nitrogen and oxygen atoms in total. The van der Waals surface area contributed by atoms with Gasteiger partial charge < -0.3 is 5.73 Å². The summed E-state index contributed by atoms with van der Waals surface area (Å²) in [6, 6.07) is 8.03. The van der Waals surface area contributed by atoms with Gasteiger partial charge in [0.25, 0.3) is 0 Å². The van der Waals surface area contributed by atoms with Gasteiger partial charge in [-0.2, -0.15) is 0 Å². The molecule has 1 aliphatic heterocycles. The molecule has 0 radical (unpaired) electrons. The van der Waals surface area contributed by atoms with E-state index >= 15 is 0 Å². The van der Waals surface area contributed by atoms with Crippen molar-refractivity contribution < 1.29 is 8.42 Å². The third kappa shape index (κ3) is 3.49. The van der Waals surface area contributed by atoms with Crippen LogP contribution in [0, 0.1) is 0 Å². The summed E-state index contributed by atoms with van der Waals surface area (Å²) in [5.41, 5.74) is 6.80. The lowest BCUT2D eigenvalue weighted by Gasteiger charge is -2.12. The second kappa shape index (κ2) is 5.63. The van der Waals surface area contributed by atoms with Gasteiger partial charge in [0, 0.05) is 22.6 Å². The first kappa shape index (κ1) is 13.9. The summed E-state index contributed by atoms with van der Waals surface area (Å²) in [7, 11) is -3.00. The highest BCUT2D eigenvalue weighted by molar-refractivity contribution is 7.99. The van der Waals surface area contributed by atoms with Gasteiger partial charge in [0.1, 0.15) is 0 Å². The van der Waals surface area contributed by atoms with Crippen LogP contribution in [0.1, 0.15) is 24.8 Å². The van der Waals surface area contributed by atoms with Gasteiger partial charge in [0.15, 0.2) is 9.84 Å². The Bertz CT molecular complexity index is 511. The van der Waals surface area contributed by atoms with Crippen LogP contribution in [0.4, 0.5) is 0 Å². The smallest absolute Gasteiger partial charge is 0.151 e. The molecule has 1 aromatic rings. The highest BCUT2D eigenvalue weighted by Crippen LogP contribution is 2.39. The molecule has 2 unspecified atom stereocenters. The molecule has 0 amide bonds. The monoisotopic (exact) mass is 285 g/mol. The predicted octanol–water partition coefficient (Wildman–Crippen LogP) is 2.03. The average molecular weight is 285 g/mol. The molecule has 5 heteroatoms. The number of fused-ring (bicyclic) bond motifs is 1. The Balaban J connectivity index is 2.03. The molecule has 0 spiro atoms. The zero-order valence-corrected chi connectivity index (χ0v) is 12.1. The maximum absolute atomic E-state index is 12.0. The predicted molar refractivity (Wildman–Crippen MR) is 76.8 cm³/mol. The molecule has 1 heterocycles. The average Bonchev–Trinajstić information content (AvgIpc) is 2.70. The zero-order valence-electron chi connectivity index (χ0n) is 10.5. The quantitative estimate of drug-likeness (QED) is 0.899. The van der Waals surface area contributed by atoms with Crippen LogP contribution in [0.15, 0.2) is 29.2 Å². The molecule has 2 atom stereocenters. The molecule has 0 fully saturated rings. The molecule has 1 aliphatic rings. The number of sulfone groups is 1. The van der Waals surface area contributed by atoms with Gasteiger partial charge in [-0.3, -0.25) is 0 Å². The van der Waals surface area contributed by atoms with Gasteiger partial charge >= 0.3 is 0 Å². The number of hydrogen-bond donors (Lipinski definition) is 1. The molecule has 0 saturated heterocycles. The summed E-state index contributed by atoms with van der Waals surface area (Å²) in [5.74, 6) is 1.47. The summed E-state index contributed by atoms with van der Waals surface area (Å²) < 4.78 is 24.1. The van der Waals surface area contributed by atoms with E-state index in [2.05, 4.69) is 6.07 Å². The third-order valence-corrected chi connectivity index (χ3v) is 6.16. The van der Waals surface area contributed by atoms with E-state index in [0.717, 1.165) is 5.75 Å². The van der Waals surface area contributed by atoms with Crippen molar-refractivity contribution in [2.24, 2.45) is 5.73 Å². The van der Waals surface area contributed by atoms with Gasteiger partial charge in [0.2, 0.25) is 0 Å². The molecule has 1 aromatic carbocycles. The fourth-order valence-corrected chi connectivity index (χ4v) is 5.33. The number of nitrogens with two attached hydrogens (primary N) is 1. The number of thioether (sulfide) groups is 1.